The van der Waals surface area contributed by atoms with Gasteiger partial charge in [0.05, 0.1) is 48.7 Å². The number of methoxy groups -OCH3 is 1. The van der Waals surface area contributed by atoms with Crippen molar-refractivity contribution in [2.24, 2.45) is 0 Å². The molecule has 2 aromatic heterocycles. The van der Waals surface area contributed by atoms with Crippen LogP contribution >= 0.6 is 0 Å². The molecule has 2 aromatic carbocycles. The number of nitrogens with zero attached hydrogens (tertiary/aromatic N) is 2. The van der Waals surface area contributed by atoms with Crippen LogP contribution in [0.3, 0.4) is 0 Å². The van der Waals surface area contributed by atoms with Crippen LogP contribution in [0.25, 0.3) is 22.2 Å². The number of aromatic nitrogens is 2. The van der Waals surface area contributed by atoms with Gasteiger partial charge in [-0.1, -0.05) is 0 Å². The molecule has 1 N–H and O–H groups in total. The first-order chi connectivity index (χ1) is 18.2. The van der Waals surface area contributed by atoms with E-state index in [1.54, 1.807) is 30.5 Å². The first kappa shape index (κ1) is 25.6. The molecule has 0 fully saturated rings. The van der Waals surface area contributed by atoms with E-state index < -0.39 is 51.0 Å². The average molecular weight is 544 g/mol. The number of ether oxygens (including phenoxy) is 2. The first-order valence-electron chi connectivity index (χ1n) is 11.3. The number of sulfone groups is 1. The Bertz CT molecular complexity index is 1680. The number of benzene rings is 2. The van der Waals surface area contributed by atoms with Gasteiger partial charge in [0.2, 0.25) is 15.3 Å². The molecule has 1 aliphatic heterocycles. The number of halogens is 3. The number of carbonyl (C=O) groups is 1. The zero-order valence-corrected chi connectivity index (χ0v) is 20.7. The molecule has 12 heteroatoms. The van der Waals surface area contributed by atoms with Crippen molar-refractivity contribution in [3.8, 4) is 17.0 Å². The van der Waals surface area contributed by atoms with E-state index in [0.29, 0.717) is 33.6 Å². The molecule has 1 aliphatic rings. The molecule has 0 bridgehead atoms. The number of pyridine rings is 2. The number of fused-ring (bicyclic) bond motifs is 2. The largest absolute Gasteiger partial charge is 0.496 e. The van der Waals surface area contributed by atoms with Gasteiger partial charge in [0.15, 0.2) is 0 Å². The van der Waals surface area contributed by atoms with E-state index in [2.05, 4.69) is 15.3 Å². The molecule has 0 saturated carbocycles. The van der Waals surface area contributed by atoms with Crippen LogP contribution in [0.1, 0.15) is 21.6 Å². The third kappa shape index (κ3) is 4.79. The summed E-state index contributed by atoms with van der Waals surface area (Å²) in [5.74, 6) is -1.89. The lowest BCUT2D eigenvalue weighted by Crippen LogP contribution is -2.25. The molecular formula is C26H20F3N3O5S. The minimum atomic E-state index is -4.52. The average Bonchev–Trinajstić information content (AvgIpc) is 3.02. The lowest BCUT2D eigenvalue weighted by molar-refractivity contribution is 0.0938. The SMILES string of the molecule is COc1cc(F)ccc1-c1ccc2cnc(CNC(=O)c3cc(F)c4c(c3)S(=O)(=O)[C@@H](F)COC4)cc2n1. The molecule has 196 valence electrons. The molecular weight excluding hydrogens is 523 g/mol. The highest BCUT2D eigenvalue weighted by Crippen LogP contribution is 2.31. The van der Waals surface area contributed by atoms with Gasteiger partial charge in [0.1, 0.15) is 17.4 Å². The summed E-state index contributed by atoms with van der Waals surface area (Å²) in [5, 5.41) is 3.28. The molecule has 4 aromatic rings. The Morgan fingerprint density at radius 1 is 1.16 bits per heavy atom. The minimum Gasteiger partial charge on any atom is -0.496 e. The summed E-state index contributed by atoms with van der Waals surface area (Å²) in [6.07, 6.45) is 1.56. The molecule has 0 aliphatic carbocycles. The number of nitrogens with one attached hydrogen (secondary N) is 1. The van der Waals surface area contributed by atoms with Crippen LogP contribution in [0.2, 0.25) is 0 Å². The van der Waals surface area contributed by atoms with Crippen molar-refractivity contribution in [3.63, 3.8) is 0 Å². The molecule has 38 heavy (non-hydrogen) atoms. The predicted molar refractivity (Wildman–Crippen MR) is 131 cm³/mol. The number of alkyl halides is 1. The van der Waals surface area contributed by atoms with Crippen molar-refractivity contribution in [3.05, 3.63) is 83.2 Å². The van der Waals surface area contributed by atoms with Crippen LogP contribution in [-0.2, 0) is 27.7 Å². The van der Waals surface area contributed by atoms with E-state index in [1.807, 2.05) is 0 Å². The van der Waals surface area contributed by atoms with E-state index in [-0.39, 0.29) is 17.7 Å². The standard InChI is InChI=1S/C26H20F3N3O5S/c1-36-23-8-16(27)3-4-18(23)21-5-2-14-10-30-17(9-22(14)32-21)11-31-26(33)15-6-20(28)19-12-37-13-25(29)38(34,35)24(19)7-15/h2-10,25H,11-13H2,1H3,(H,31,33)/t25-/m1/s1. The monoisotopic (exact) mass is 543 g/mol. The number of carbonyl (C=O) groups excluding carboxylic acids is 1. The van der Waals surface area contributed by atoms with Crippen LogP contribution in [0.5, 0.6) is 5.75 Å². The fourth-order valence-electron chi connectivity index (χ4n) is 4.07. The van der Waals surface area contributed by atoms with Crippen LogP contribution in [0.4, 0.5) is 13.2 Å². The zero-order chi connectivity index (χ0) is 27.0. The van der Waals surface area contributed by atoms with Gasteiger partial charge >= 0.3 is 0 Å². The fourth-order valence-corrected chi connectivity index (χ4v) is 5.41. The third-order valence-electron chi connectivity index (χ3n) is 6.06. The Labute approximate surface area is 215 Å². The van der Waals surface area contributed by atoms with Gasteiger partial charge < -0.3 is 14.8 Å². The molecule has 3 heterocycles. The Kier molecular flexibility index (Phi) is 6.76. The summed E-state index contributed by atoms with van der Waals surface area (Å²) in [5.41, 5.74) is -0.890. The van der Waals surface area contributed by atoms with Crippen molar-refractivity contribution in [1.82, 2.24) is 15.3 Å². The normalized spacial score (nSPS) is 16.5. The van der Waals surface area contributed by atoms with Gasteiger partial charge in [-0.3, -0.25) is 9.78 Å². The Morgan fingerprint density at radius 2 is 1.97 bits per heavy atom. The maximum Gasteiger partial charge on any atom is 0.251 e. The highest BCUT2D eigenvalue weighted by atomic mass is 32.2. The zero-order valence-electron chi connectivity index (χ0n) is 19.9. The second-order valence-corrected chi connectivity index (χ2v) is 10.5. The molecule has 1 atom stereocenters. The summed E-state index contributed by atoms with van der Waals surface area (Å²) in [6.45, 7) is -1.24. The fraction of sp³-hybridized carbons (Fsp3) is 0.192. The summed E-state index contributed by atoms with van der Waals surface area (Å²) in [6, 6.07) is 11.1. The maximum atomic E-state index is 14.6. The smallest absolute Gasteiger partial charge is 0.251 e. The van der Waals surface area contributed by atoms with Crippen LogP contribution < -0.4 is 10.1 Å². The van der Waals surface area contributed by atoms with Gasteiger partial charge in [0, 0.05) is 34.3 Å². The molecule has 5 rings (SSSR count). The van der Waals surface area contributed by atoms with Crippen molar-refractivity contribution in [2.75, 3.05) is 13.7 Å². The van der Waals surface area contributed by atoms with Gasteiger partial charge in [-0.05, 0) is 42.5 Å². The summed E-state index contributed by atoms with van der Waals surface area (Å²) in [4.78, 5) is 21.0. The lowest BCUT2D eigenvalue weighted by Gasteiger charge is -2.12. The maximum absolute atomic E-state index is 14.6. The van der Waals surface area contributed by atoms with Gasteiger partial charge in [-0.15, -0.1) is 0 Å². The van der Waals surface area contributed by atoms with Gasteiger partial charge in [-0.2, -0.15) is 0 Å². The number of rotatable bonds is 5. The van der Waals surface area contributed by atoms with Crippen molar-refractivity contribution >= 4 is 26.6 Å². The summed E-state index contributed by atoms with van der Waals surface area (Å²) < 4.78 is 77.4. The van der Waals surface area contributed by atoms with E-state index >= 15 is 0 Å². The molecule has 0 saturated heterocycles. The van der Waals surface area contributed by atoms with Gasteiger partial charge in [-0.25, -0.2) is 26.6 Å². The van der Waals surface area contributed by atoms with Crippen molar-refractivity contribution < 1.29 is 35.9 Å². The predicted octanol–water partition coefficient (Wildman–Crippen LogP) is 4.11. The second kappa shape index (κ2) is 10.0. The Hall–Kier alpha value is -4.03. The van der Waals surface area contributed by atoms with Crippen LogP contribution in [0.15, 0.2) is 59.6 Å². The lowest BCUT2D eigenvalue weighted by atomic mass is 10.1. The summed E-state index contributed by atoms with van der Waals surface area (Å²) >= 11 is 0. The van der Waals surface area contributed by atoms with Crippen LogP contribution in [0, 0.1) is 11.6 Å². The number of hydrogen-bond acceptors (Lipinski definition) is 7. The van der Waals surface area contributed by atoms with Gasteiger partial charge in [0.25, 0.3) is 5.91 Å². The van der Waals surface area contributed by atoms with E-state index in [9.17, 15) is 26.4 Å². The molecule has 1 amide bonds. The molecule has 0 spiro atoms. The van der Waals surface area contributed by atoms with E-state index in [4.69, 9.17) is 9.47 Å². The highest BCUT2D eigenvalue weighted by Gasteiger charge is 2.35. The first-order valence-corrected chi connectivity index (χ1v) is 12.9. The minimum absolute atomic E-state index is 0.0825. The number of hydrogen-bond donors (Lipinski definition) is 1. The highest BCUT2D eigenvalue weighted by molar-refractivity contribution is 7.92. The third-order valence-corrected chi connectivity index (χ3v) is 7.84. The Morgan fingerprint density at radius 3 is 2.76 bits per heavy atom. The summed E-state index contributed by atoms with van der Waals surface area (Å²) in [7, 11) is -3.09. The quantitative estimate of drug-likeness (QED) is 0.404. The second-order valence-electron chi connectivity index (χ2n) is 8.50. The topological polar surface area (TPSA) is 107 Å². The molecule has 0 radical (unpaired) electrons. The van der Waals surface area contributed by atoms with E-state index in [1.165, 1.54) is 19.2 Å². The molecule has 8 nitrogen and oxygen atoms in total. The Balaban J connectivity index is 1.39. The van der Waals surface area contributed by atoms with Crippen LogP contribution in [-0.4, -0.2) is 43.5 Å². The van der Waals surface area contributed by atoms with Crippen molar-refractivity contribution in [1.29, 1.82) is 0 Å². The van der Waals surface area contributed by atoms with E-state index in [0.717, 1.165) is 12.1 Å². The molecule has 0 unspecified atom stereocenters. The van der Waals surface area contributed by atoms with Crippen molar-refractivity contribution in [2.45, 2.75) is 23.6 Å². The number of amides is 1.